The van der Waals surface area contributed by atoms with Gasteiger partial charge >= 0.3 is 11.8 Å². The highest BCUT2D eigenvalue weighted by Crippen LogP contribution is 2.08. The summed E-state index contributed by atoms with van der Waals surface area (Å²) in [5.74, 6) is -1.60. The van der Waals surface area contributed by atoms with E-state index < -0.39 is 11.8 Å². The molecular weight excluding hydrogens is 304 g/mol. The Morgan fingerprint density at radius 1 is 1.18 bits per heavy atom. The number of amides is 2. The van der Waals surface area contributed by atoms with Crippen LogP contribution in [0.5, 0.6) is 0 Å². The largest absolute Gasteiger partial charge is 0.344 e. The van der Waals surface area contributed by atoms with Gasteiger partial charge in [-0.1, -0.05) is 29.8 Å². The Hall–Kier alpha value is -2.73. The summed E-state index contributed by atoms with van der Waals surface area (Å²) in [6.45, 7) is 0.232. The van der Waals surface area contributed by atoms with E-state index in [1.165, 1.54) is 6.21 Å². The molecule has 7 heteroatoms. The minimum absolute atomic E-state index is 0.232. The van der Waals surface area contributed by atoms with Crippen LogP contribution in [-0.4, -0.2) is 23.0 Å². The van der Waals surface area contributed by atoms with E-state index in [0.29, 0.717) is 10.6 Å². The van der Waals surface area contributed by atoms with Gasteiger partial charge < -0.3 is 5.32 Å². The van der Waals surface area contributed by atoms with Crippen LogP contribution in [0.3, 0.4) is 0 Å². The first kappa shape index (κ1) is 15.7. The number of pyridine rings is 1. The lowest BCUT2D eigenvalue weighted by molar-refractivity contribution is -0.139. The van der Waals surface area contributed by atoms with Crippen LogP contribution < -0.4 is 10.7 Å². The lowest BCUT2D eigenvalue weighted by atomic mass is 10.2. The van der Waals surface area contributed by atoms with Crippen molar-refractivity contribution in [2.75, 3.05) is 0 Å². The van der Waals surface area contributed by atoms with Gasteiger partial charge in [0.15, 0.2) is 0 Å². The SMILES string of the molecule is O=C(NCc1ccc(Cl)cc1)C(=O)N/N=C/c1cccnc1. The normalized spacial score (nSPS) is 10.4. The van der Waals surface area contributed by atoms with Crippen molar-refractivity contribution in [1.29, 1.82) is 0 Å². The number of carbonyl (C=O) groups excluding carboxylic acids is 2. The summed E-state index contributed by atoms with van der Waals surface area (Å²) in [6.07, 6.45) is 4.60. The zero-order valence-electron chi connectivity index (χ0n) is 11.5. The molecule has 6 nitrogen and oxygen atoms in total. The number of nitrogens with one attached hydrogen (secondary N) is 2. The van der Waals surface area contributed by atoms with Crippen molar-refractivity contribution < 1.29 is 9.59 Å². The Balaban J connectivity index is 1.78. The van der Waals surface area contributed by atoms with E-state index >= 15 is 0 Å². The molecule has 0 unspecified atom stereocenters. The number of hydrogen-bond acceptors (Lipinski definition) is 4. The van der Waals surface area contributed by atoms with Crippen LogP contribution in [0.15, 0.2) is 53.9 Å². The van der Waals surface area contributed by atoms with Crippen molar-refractivity contribution >= 4 is 29.6 Å². The summed E-state index contributed by atoms with van der Waals surface area (Å²) in [5, 5.41) is 6.78. The number of halogens is 1. The van der Waals surface area contributed by atoms with Gasteiger partial charge in [-0.3, -0.25) is 14.6 Å². The second-order valence-corrected chi connectivity index (χ2v) is 4.73. The highest BCUT2D eigenvalue weighted by molar-refractivity contribution is 6.35. The van der Waals surface area contributed by atoms with Gasteiger partial charge in [0.1, 0.15) is 0 Å². The molecule has 0 fully saturated rings. The van der Waals surface area contributed by atoms with Crippen LogP contribution in [0.1, 0.15) is 11.1 Å². The first-order chi connectivity index (χ1) is 10.6. The number of carbonyl (C=O) groups is 2. The van der Waals surface area contributed by atoms with E-state index in [4.69, 9.17) is 11.6 Å². The Labute approximate surface area is 132 Å². The predicted molar refractivity (Wildman–Crippen MR) is 83.3 cm³/mol. The summed E-state index contributed by atoms with van der Waals surface area (Å²) in [5.41, 5.74) is 3.70. The molecule has 0 aliphatic heterocycles. The molecule has 0 aliphatic rings. The average Bonchev–Trinajstić information content (AvgIpc) is 2.55. The van der Waals surface area contributed by atoms with Gasteiger partial charge in [0.25, 0.3) is 0 Å². The smallest absolute Gasteiger partial charge is 0.329 e. The molecule has 22 heavy (non-hydrogen) atoms. The standard InChI is InChI=1S/C15H13ClN4O2/c16-13-5-3-11(4-6-13)9-18-14(21)15(22)20-19-10-12-2-1-7-17-8-12/h1-8,10H,9H2,(H,18,21)(H,20,22)/b19-10+. The molecule has 1 aromatic carbocycles. The van der Waals surface area contributed by atoms with Gasteiger partial charge in [0, 0.05) is 29.5 Å². The fourth-order valence-electron chi connectivity index (χ4n) is 1.53. The summed E-state index contributed by atoms with van der Waals surface area (Å²) < 4.78 is 0. The topological polar surface area (TPSA) is 83.5 Å². The highest BCUT2D eigenvalue weighted by atomic mass is 35.5. The van der Waals surface area contributed by atoms with Crippen LogP contribution in [0.25, 0.3) is 0 Å². The number of benzene rings is 1. The molecule has 0 radical (unpaired) electrons. The molecule has 0 saturated carbocycles. The molecule has 0 spiro atoms. The van der Waals surface area contributed by atoms with E-state index in [1.54, 1.807) is 48.8 Å². The molecule has 0 bridgehead atoms. The fraction of sp³-hybridized carbons (Fsp3) is 0.0667. The molecule has 1 heterocycles. The summed E-state index contributed by atoms with van der Waals surface area (Å²) in [7, 11) is 0. The predicted octanol–water partition coefficient (Wildman–Crippen LogP) is 1.50. The van der Waals surface area contributed by atoms with Gasteiger partial charge in [0.2, 0.25) is 0 Å². The van der Waals surface area contributed by atoms with Crippen molar-refractivity contribution in [1.82, 2.24) is 15.7 Å². The van der Waals surface area contributed by atoms with E-state index in [9.17, 15) is 9.59 Å². The van der Waals surface area contributed by atoms with Gasteiger partial charge in [-0.15, -0.1) is 0 Å². The Morgan fingerprint density at radius 2 is 1.95 bits per heavy atom. The lowest BCUT2D eigenvalue weighted by Crippen LogP contribution is -2.37. The summed E-state index contributed by atoms with van der Waals surface area (Å²) >= 11 is 5.76. The molecule has 0 aliphatic carbocycles. The maximum atomic E-state index is 11.6. The molecule has 0 saturated heterocycles. The van der Waals surface area contributed by atoms with Crippen molar-refractivity contribution in [3.05, 3.63) is 64.9 Å². The third-order valence-corrected chi connectivity index (χ3v) is 2.89. The van der Waals surface area contributed by atoms with Crippen molar-refractivity contribution in [2.45, 2.75) is 6.54 Å². The van der Waals surface area contributed by atoms with Crippen LogP contribution in [-0.2, 0) is 16.1 Å². The van der Waals surface area contributed by atoms with Gasteiger partial charge in [-0.25, -0.2) is 5.43 Å². The number of hydrogen-bond donors (Lipinski definition) is 2. The molecule has 2 aromatic rings. The Morgan fingerprint density at radius 3 is 2.64 bits per heavy atom. The van der Waals surface area contributed by atoms with Crippen molar-refractivity contribution in [3.8, 4) is 0 Å². The summed E-state index contributed by atoms with van der Waals surface area (Å²) in [4.78, 5) is 27.0. The van der Waals surface area contributed by atoms with Gasteiger partial charge in [-0.05, 0) is 23.8 Å². The second-order valence-electron chi connectivity index (χ2n) is 4.29. The third-order valence-electron chi connectivity index (χ3n) is 2.64. The molecule has 0 atom stereocenters. The van der Waals surface area contributed by atoms with Crippen LogP contribution in [0.2, 0.25) is 5.02 Å². The molecule has 2 amide bonds. The first-order valence-corrected chi connectivity index (χ1v) is 6.78. The number of hydrazone groups is 1. The zero-order valence-corrected chi connectivity index (χ0v) is 12.2. The van der Waals surface area contributed by atoms with Crippen molar-refractivity contribution in [2.24, 2.45) is 5.10 Å². The van der Waals surface area contributed by atoms with Crippen LogP contribution >= 0.6 is 11.6 Å². The van der Waals surface area contributed by atoms with Crippen LogP contribution in [0, 0.1) is 0 Å². The quantitative estimate of drug-likeness (QED) is 0.509. The Bertz CT molecular complexity index is 672. The van der Waals surface area contributed by atoms with E-state index in [-0.39, 0.29) is 6.54 Å². The number of nitrogens with zero attached hydrogens (tertiary/aromatic N) is 2. The van der Waals surface area contributed by atoms with Crippen molar-refractivity contribution in [3.63, 3.8) is 0 Å². The maximum Gasteiger partial charge on any atom is 0.329 e. The highest BCUT2D eigenvalue weighted by Gasteiger charge is 2.11. The van der Waals surface area contributed by atoms with E-state index in [2.05, 4.69) is 20.8 Å². The summed E-state index contributed by atoms with van der Waals surface area (Å²) in [6, 6.07) is 10.5. The molecular formula is C15H13ClN4O2. The van der Waals surface area contributed by atoms with Gasteiger partial charge in [-0.2, -0.15) is 5.10 Å². The average molecular weight is 317 g/mol. The molecule has 2 N–H and O–H groups in total. The third kappa shape index (κ3) is 4.99. The molecule has 2 rings (SSSR count). The molecule has 1 aromatic heterocycles. The van der Waals surface area contributed by atoms with E-state index in [0.717, 1.165) is 5.56 Å². The zero-order chi connectivity index (χ0) is 15.8. The minimum Gasteiger partial charge on any atom is -0.344 e. The minimum atomic E-state index is -0.839. The number of aromatic nitrogens is 1. The molecule has 112 valence electrons. The monoisotopic (exact) mass is 316 g/mol. The second kappa shape index (κ2) is 7.90. The first-order valence-electron chi connectivity index (χ1n) is 6.41. The fourth-order valence-corrected chi connectivity index (χ4v) is 1.66. The Kier molecular flexibility index (Phi) is 5.62. The lowest BCUT2D eigenvalue weighted by Gasteiger charge is -2.04. The van der Waals surface area contributed by atoms with E-state index in [1.807, 2.05) is 0 Å². The van der Waals surface area contributed by atoms with Gasteiger partial charge in [0.05, 0.1) is 6.21 Å². The number of rotatable bonds is 4. The van der Waals surface area contributed by atoms with Crippen LogP contribution in [0.4, 0.5) is 0 Å². The maximum absolute atomic E-state index is 11.6.